The number of para-hydroxylation sites is 1. The lowest BCUT2D eigenvalue weighted by molar-refractivity contribution is -0.116. The van der Waals surface area contributed by atoms with Gasteiger partial charge in [-0.25, -0.2) is 9.78 Å². The Hall–Kier alpha value is -3.10. The highest BCUT2D eigenvalue weighted by Crippen LogP contribution is 2.28. The van der Waals surface area contributed by atoms with Gasteiger partial charge in [0.05, 0.1) is 18.5 Å². The number of nitrogens with one attached hydrogen (secondary N) is 3. The number of methoxy groups -OCH3 is 1. The van der Waals surface area contributed by atoms with E-state index in [1.807, 2.05) is 23.6 Å². The van der Waals surface area contributed by atoms with Gasteiger partial charge in [0, 0.05) is 22.5 Å². The van der Waals surface area contributed by atoms with Crippen molar-refractivity contribution in [1.29, 1.82) is 0 Å². The largest absolute Gasteiger partial charge is 0.495 e. The van der Waals surface area contributed by atoms with E-state index in [1.165, 1.54) is 18.4 Å². The number of hydrogen-bond acceptors (Lipinski definition) is 5. The zero-order valence-corrected chi connectivity index (χ0v) is 17.1. The van der Waals surface area contributed by atoms with Crippen LogP contribution in [0.25, 0.3) is 0 Å². The molecule has 0 aliphatic rings. The second-order valence-corrected chi connectivity index (χ2v) is 7.28. The monoisotopic (exact) mass is 430 g/mol. The van der Waals surface area contributed by atoms with Gasteiger partial charge in [0.25, 0.3) is 0 Å². The molecule has 29 heavy (non-hydrogen) atoms. The van der Waals surface area contributed by atoms with E-state index >= 15 is 0 Å². The maximum absolute atomic E-state index is 12.2. The molecule has 9 heteroatoms. The molecule has 0 spiro atoms. The average Bonchev–Trinajstić information content (AvgIpc) is 3.14. The molecule has 3 N–H and O–H groups in total. The number of thiazole rings is 1. The Kier molecular flexibility index (Phi) is 7.04. The fourth-order valence-electron chi connectivity index (χ4n) is 2.49. The van der Waals surface area contributed by atoms with Crippen LogP contribution in [0.2, 0.25) is 5.02 Å². The first kappa shape index (κ1) is 20.6. The van der Waals surface area contributed by atoms with E-state index in [0.717, 1.165) is 5.69 Å². The van der Waals surface area contributed by atoms with Gasteiger partial charge in [-0.3, -0.25) is 10.1 Å². The number of halogens is 1. The minimum atomic E-state index is -0.372. The van der Waals surface area contributed by atoms with Gasteiger partial charge < -0.3 is 15.4 Å². The van der Waals surface area contributed by atoms with Crippen LogP contribution < -0.4 is 20.7 Å². The number of nitrogens with zero attached hydrogens (tertiary/aromatic N) is 1. The zero-order valence-electron chi connectivity index (χ0n) is 15.6. The maximum atomic E-state index is 12.2. The SMILES string of the molecule is COc1ccc(Cl)cc1NC(=O)CCc1csc(NC(=O)Nc2ccccc2)n1. The number of urea groups is 1. The Bertz CT molecular complexity index is 994. The molecule has 3 amide bonds. The van der Waals surface area contributed by atoms with E-state index in [1.54, 1.807) is 30.3 Å². The van der Waals surface area contributed by atoms with Gasteiger partial charge in [-0.2, -0.15) is 0 Å². The number of aromatic nitrogens is 1. The summed E-state index contributed by atoms with van der Waals surface area (Å²) in [4.78, 5) is 28.6. The number of hydrogen-bond donors (Lipinski definition) is 3. The van der Waals surface area contributed by atoms with Gasteiger partial charge in [-0.15, -0.1) is 11.3 Å². The first-order chi connectivity index (χ1) is 14.0. The second kappa shape index (κ2) is 9.90. The van der Waals surface area contributed by atoms with Crippen molar-refractivity contribution >= 4 is 51.4 Å². The van der Waals surface area contributed by atoms with Crippen LogP contribution in [0.3, 0.4) is 0 Å². The molecule has 0 saturated carbocycles. The van der Waals surface area contributed by atoms with E-state index < -0.39 is 0 Å². The molecule has 2 aromatic carbocycles. The third-order valence-corrected chi connectivity index (χ3v) is 4.89. The molecule has 1 heterocycles. The molecule has 3 aromatic rings. The van der Waals surface area contributed by atoms with Crippen LogP contribution in [-0.4, -0.2) is 24.0 Å². The normalized spacial score (nSPS) is 10.3. The van der Waals surface area contributed by atoms with Crippen molar-refractivity contribution in [3.63, 3.8) is 0 Å². The summed E-state index contributed by atoms with van der Waals surface area (Å²) in [5, 5.41) is 11.0. The van der Waals surface area contributed by atoms with Gasteiger partial charge in [-0.05, 0) is 36.8 Å². The average molecular weight is 431 g/mol. The molecule has 150 valence electrons. The molecule has 1 aromatic heterocycles. The van der Waals surface area contributed by atoms with E-state index in [-0.39, 0.29) is 18.4 Å². The van der Waals surface area contributed by atoms with Crippen molar-refractivity contribution in [1.82, 2.24) is 4.98 Å². The number of anilines is 3. The maximum Gasteiger partial charge on any atom is 0.325 e. The predicted molar refractivity (Wildman–Crippen MR) is 116 cm³/mol. The second-order valence-electron chi connectivity index (χ2n) is 5.98. The molecule has 3 rings (SSSR count). The number of carbonyl (C=O) groups excluding carboxylic acids is 2. The molecule has 0 bridgehead atoms. The number of benzene rings is 2. The quantitative estimate of drug-likeness (QED) is 0.490. The van der Waals surface area contributed by atoms with Crippen molar-refractivity contribution in [3.05, 3.63) is 64.6 Å². The first-order valence-corrected chi connectivity index (χ1v) is 10.00. The minimum absolute atomic E-state index is 0.185. The summed E-state index contributed by atoms with van der Waals surface area (Å²) in [6, 6.07) is 13.8. The molecule has 0 aliphatic carbocycles. The van der Waals surface area contributed by atoms with Crippen molar-refractivity contribution < 1.29 is 14.3 Å². The fraction of sp³-hybridized carbons (Fsp3) is 0.150. The number of aryl methyl sites for hydroxylation is 1. The molecule has 0 saturated heterocycles. The van der Waals surface area contributed by atoms with Crippen LogP contribution >= 0.6 is 22.9 Å². The first-order valence-electron chi connectivity index (χ1n) is 8.74. The Morgan fingerprint density at radius 1 is 1.10 bits per heavy atom. The zero-order chi connectivity index (χ0) is 20.6. The van der Waals surface area contributed by atoms with Gasteiger partial charge in [-0.1, -0.05) is 29.8 Å². The highest BCUT2D eigenvalue weighted by molar-refractivity contribution is 7.13. The van der Waals surface area contributed by atoms with Crippen LogP contribution in [-0.2, 0) is 11.2 Å². The van der Waals surface area contributed by atoms with E-state index in [9.17, 15) is 9.59 Å². The van der Waals surface area contributed by atoms with Crippen molar-refractivity contribution in [2.75, 3.05) is 23.1 Å². The van der Waals surface area contributed by atoms with Crippen LogP contribution in [0.1, 0.15) is 12.1 Å². The van der Waals surface area contributed by atoms with Crippen molar-refractivity contribution in [2.45, 2.75) is 12.8 Å². The third-order valence-electron chi connectivity index (χ3n) is 3.85. The molecular weight excluding hydrogens is 412 g/mol. The highest BCUT2D eigenvalue weighted by atomic mass is 35.5. The van der Waals surface area contributed by atoms with E-state index in [0.29, 0.717) is 33.7 Å². The van der Waals surface area contributed by atoms with Gasteiger partial charge >= 0.3 is 6.03 Å². The van der Waals surface area contributed by atoms with Gasteiger partial charge in [0.1, 0.15) is 5.75 Å². The number of ether oxygens (including phenoxy) is 1. The lowest BCUT2D eigenvalue weighted by Gasteiger charge is -2.10. The molecule has 0 radical (unpaired) electrons. The summed E-state index contributed by atoms with van der Waals surface area (Å²) in [5.41, 5.74) is 1.93. The van der Waals surface area contributed by atoms with E-state index in [4.69, 9.17) is 16.3 Å². The third kappa shape index (κ3) is 6.20. The molecule has 0 aliphatic heterocycles. The molecule has 0 atom stereocenters. The molecule has 7 nitrogen and oxygen atoms in total. The van der Waals surface area contributed by atoms with Crippen molar-refractivity contribution in [2.24, 2.45) is 0 Å². The number of carbonyl (C=O) groups is 2. The van der Waals surface area contributed by atoms with Gasteiger partial charge in [0.15, 0.2) is 5.13 Å². The Morgan fingerprint density at radius 2 is 1.90 bits per heavy atom. The fourth-order valence-corrected chi connectivity index (χ4v) is 3.40. The summed E-state index contributed by atoms with van der Waals surface area (Å²) >= 11 is 7.27. The Morgan fingerprint density at radius 3 is 2.66 bits per heavy atom. The smallest absolute Gasteiger partial charge is 0.325 e. The lowest BCUT2D eigenvalue weighted by Crippen LogP contribution is -2.19. The molecule has 0 fully saturated rings. The molecule has 0 unspecified atom stereocenters. The summed E-state index contributed by atoms with van der Waals surface area (Å²) in [6.45, 7) is 0. The Balaban J connectivity index is 1.49. The van der Waals surface area contributed by atoms with Gasteiger partial charge in [0.2, 0.25) is 5.91 Å². The molecular formula is C20H19ClN4O3S. The number of amides is 3. The van der Waals surface area contributed by atoms with Crippen LogP contribution in [0, 0.1) is 0 Å². The number of rotatable bonds is 7. The minimum Gasteiger partial charge on any atom is -0.495 e. The van der Waals surface area contributed by atoms with Crippen LogP contribution in [0.4, 0.5) is 21.3 Å². The summed E-state index contributed by atoms with van der Waals surface area (Å²) in [7, 11) is 1.52. The Labute approximate surface area is 177 Å². The van der Waals surface area contributed by atoms with Crippen LogP contribution in [0.5, 0.6) is 5.75 Å². The summed E-state index contributed by atoms with van der Waals surface area (Å²) in [5.74, 6) is 0.349. The topological polar surface area (TPSA) is 92.4 Å². The van der Waals surface area contributed by atoms with Crippen molar-refractivity contribution in [3.8, 4) is 5.75 Å². The highest BCUT2D eigenvalue weighted by Gasteiger charge is 2.11. The van der Waals surface area contributed by atoms with Crippen LogP contribution in [0.15, 0.2) is 53.9 Å². The van der Waals surface area contributed by atoms with E-state index in [2.05, 4.69) is 20.9 Å². The summed E-state index contributed by atoms with van der Waals surface area (Å²) < 4.78 is 5.22. The predicted octanol–water partition coefficient (Wildman–Crippen LogP) is 5.02. The standard InChI is InChI=1S/C20H19ClN4O3S/c1-28-17-9-7-13(21)11-16(17)24-18(26)10-8-15-12-29-20(23-15)25-19(27)22-14-5-3-2-4-6-14/h2-7,9,11-12H,8,10H2,1H3,(H,24,26)(H2,22,23,25,27). The lowest BCUT2D eigenvalue weighted by atomic mass is 10.2. The summed E-state index contributed by atoms with van der Waals surface area (Å²) in [6.07, 6.45) is 0.669.